The first-order valence-corrected chi connectivity index (χ1v) is 16.2. The standard InChI is InChI=1S/C36H42N6O5/c1-22(46-2)32(41-36(45)47-3)35(44)42-17-5-7-31(42)33-38-21-30(40-33)24-10-8-23(9-11-24)25-12-13-27-19-28(15-14-26(27)18-25)34(43)39-20-29-6-4-16-37-29/h8-15,18-19,21-22,29,31-32,37H,4-7,16-17,20H2,1-3H3,(H,38,40)(H,39,43)(H,41,45)/t22-,29+,31+,32+/m1/s1. The van der Waals surface area contributed by atoms with Crippen LogP contribution in [0.3, 0.4) is 0 Å². The van der Waals surface area contributed by atoms with Gasteiger partial charge in [-0.1, -0.05) is 42.5 Å². The zero-order valence-electron chi connectivity index (χ0n) is 27.0. The van der Waals surface area contributed by atoms with Crippen LogP contribution in [0, 0.1) is 0 Å². The minimum atomic E-state index is -0.879. The highest BCUT2D eigenvalue weighted by molar-refractivity contribution is 5.99. The number of nitrogens with zero attached hydrogens (tertiary/aromatic N) is 2. The number of hydrogen-bond acceptors (Lipinski definition) is 7. The molecule has 2 fully saturated rings. The van der Waals surface area contributed by atoms with E-state index in [2.05, 4.69) is 68.4 Å². The van der Waals surface area contributed by atoms with E-state index in [1.807, 2.05) is 18.2 Å². The van der Waals surface area contributed by atoms with Gasteiger partial charge in [-0.2, -0.15) is 0 Å². The molecule has 47 heavy (non-hydrogen) atoms. The minimum absolute atomic E-state index is 0.0464. The van der Waals surface area contributed by atoms with Crippen molar-refractivity contribution in [2.75, 3.05) is 33.9 Å². The van der Waals surface area contributed by atoms with Gasteiger partial charge in [-0.05, 0) is 84.8 Å². The van der Waals surface area contributed by atoms with E-state index in [1.54, 1.807) is 18.0 Å². The third-order valence-corrected chi connectivity index (χ3v) is 9.32. The molecule has 3 aromatic carbocycles. The van der Waals surface area contributed by atoms with Gasteiger partial charge in [0.25, 0.3) is 5.91 Å². The molecular weight excluding hydrogens is 596 g/mol. The first kappa shape index (κ1) is 32.2. The van der Waals surface area contributed by atoms with Crippen molar-refractivity contribution in [2.45, 2.75) is 56.8 Å². The van der Waals surface area contributed by atoms with E-state index in [0.29, 0.717) is 30.5 Å². The largest absolute Gasteiger partial charge is 0.453 e. The molecule has 3 heterocycles. The van der Waals surface area contributed by atoms with Gasteiger partial charge in [0.15, 0.2) is 0 Å². The van der Waals surface area contributed by atoms with Crippen LogP contribution in [-0.2, 0) is 14.3 Å². The molecular formula is C36H42N6O5. The van der Waals surface area contributed by atoms with Gasteiger partial charge in [-0.15, -0.1) is 0 Å². The molecule has 4 N–H and O–H groups in total. The Hall–Kier alpha value is -4.74. The summed E-state index contributed by atoms with van der Waals surface area (Å²) < 4.78 is 10.1. The fraction of sp³-hybridized carbons (Fsp3) is 0.389. The van der Waals surface area contributed by atoms with Gasteiger partial charge in [0, 0.05) is 31.8 Å². The average Bonchev–Trinajstić information content (AvgIpc) is 3.91. The Labute approximate surface area is 274 Å². The van der Waals surface area contributed by atoms with Crippen LogP contribution in [0.1, 0.15) is 54.8 Å². The Morgan fingerprint density at radius 3 is 2.45 bits per heavy atom. The maximum absolute atomic E-state index is 13.5. The summed E-state index contributed by atoms with van der Waals surface area (Å²) in [5.74, 6) is 0.422. The average molecular weight is 639 g/mol. The highest BCUT2D eigenvalue weighted by Gasteiger charge is 2.38. The molecule has 4 aromatic rings. The van der Waals surface area contributed by atoms with Gasteiger partial charge in [-0.3, -0.25) is 9.59 Å². The smallest absolute Gasteiger partial charge is 0.407 e. The number of fused-ring (bicyclic) bond motifs is 1. The number of alkyl carbamates (subject to hydrolysis) is 1. The molecule has 0 bridgehead atoms. The van der Waals surface area contributed by atoms with Crippen molar-refractivity contribution in [2.24, 2.45) is 0 Å². The minimum Gasteiger partial charge on any atom is -0.453 e. The van der Waals surface area contributed by atoms with E-state index in [1.165, 1.54) is 14.2 Å². The summed E-state index contributed by atoms with van der Waals surface area (Å²) >= 11 is 0. The molecule has 0 spiro atoms. The molecule has 246 valence electrons. The third-order valence-electron chi connectivity index (χ3n) is 9.32. The Balaban J connectivity index is 1.13. The van der Waals surface area contributed by atoms with E-state index >= 15 is 0 Å². The Morgan fingerprint density at radius 2 is 1.70 bits per heavy atom. The number of benzene rings is 3. The van der Waals surface area contributed by atoms with E-state index in [-0.39, 0.29) is 17.9 Å². The number of nitrogens with one attached hydrogen (secondary N) is 4. The molecule has 2 aliphatic rings. The number of ether oxygens (including phenoxy) is 2. The van der Waals surface area contributed by atoms with Crippen LogP contribution < -0.4 is 16.0 Å². The lowest BCUT2D eigenvalue weighted by molar-refractivity contribution is -0.137. The number of amides is 3. The second kappa shape index (κ2) is 14.4. The fourth-order valence-electron chi connectivity index (χ4n) is 6.51. The van der Waals surface area contributed by atoms with E-state index in [4.69, 9.17) is 9.47 Å². The molecule has 0 radical (unpaired) electrons. The number of imidazole rings is 1. The maximum atomic E-state index is 13.5. The number of aromatic amines is 1. The van der Waals surface area contributed by atoms with Crippen LogP contribution in [0.2, 0.25) is 0 Å². The van der Waals surface area contributed by atoms with Gasteiger partial charge < -0.3 is 35.3 Å². The quantitative estimate of drug-likeness (QED) is 0.196. The van der Waals surface area contributed by atoms with Crippen LogP contribution in [0.25, 0.3) is 33.2 Å². The number of likely N-dealkylation sites (tertiary alicyclic amines) is 1. The van der Waals surface area contributed by atoms with Crippen LogP contribution in [-0.4, -0.2) is 84.8 Å². The zero-order valence-corrected chi connectivity index (χ0v) is 27.0. The number of methoxy groups -OCH3 is 2. The molecule has 11 heteroatoms. The molecule has 4 atom stereocenters. The molecule has 2 aliphatic heterocycles. The first-order valence-electron chi connectivity index (χ1n) is 16.2. The molecule has 0 aliphatic carbocycles. The number of aromatic nitrogens is 2. The molecule has 2 saturated heterocycles. The number of rotatable bonds is 10. The lowest BCUT2D eigenvalue weighted by atomic mass is 9.98. The number of H-pyrrole nitrogens is 1. The van der Waals surface area contributed by atoms with Crippen molar-refractivity contribution < 1.29 is 23.9 Å². The Bertz CT molecular complexity index is 1730. The number of carbonyl (C=O) groups excluding carboxylic acids is 3. The monoisotopic (exact) mass is 638 g/mol. The summed E-state index contributed by atoms with van der Waals surface area (Å²) in [7, 11) is 2.77. The third kappa shape index (κ3) is 7.16. The lowest BCUT2D eigenvalue weighted by Gasteiger charge is -2.30. The van der Waals surface area contributed by atoms with Gasteiger partial charge in [0.1, 0.15) is 11.9 Å². The molecule has 3 amide bonds. The predicted molar refractivity (Wildman–Crippen MR) is 180 cm³/mol. The van der Waals surface area contributed by atoms with E-state index in [9.17, 15) is 14.4 Å². The summed E-state index contributed by atoms with van der Waals surface area (Å²) in [5, 5.41) is 11.2. The molecule has 0 saturated carbocycles. The SMILES string of the molecule is COC(=O)N[C@H](C(=O)N1CCC[C@H]1c1ncc(-c2ccc(-c3ccc4cc(C(=O)NC[C@@H]5CCCN5)ccc4c3)cc2)[nH]1)[C@@H](C)OC. The molecule has 6 rings (SSSR count). The highest BCUT2D eigenvalue weighted by atomic mass is 16.5. The predicted octanol–water partition coefficient (Wildman–Crippen LogP) is 4.80. The fourth-order valence-corrected chi connectivity index (χ4v) is 6.51. The topological polar surface area (TPSA) is 138 Å². The summed E-state index contributed by atoms with van der Waals surface area (Å²) in [4.78, 5) is 48.0. The van der Waals surface area contributed by atoms with Gasteiger partial charge >= 0.3 is 6.09 Å². The van der Waals surface area contributed by atoms with Crippen LogP contribution in [0.5, 0.6) is 0 Å². The number of hydrogen-bond donors (Lipinski definition) is 4. The van der Waals surface area contributed by atoms with Gasteiger partial charge in [0.2, 0.25) is 5.91 Å². The van der Waals surface area contributed by atoms with Gasteiger partial charge in [-0.25, -0.2) is 9.78 Å². The zero-order chi connectivity index (χ0) is 32.9. The van der Waals surface area contributed by atoms with Crippen molar-refractivity contribution in [1.82, 2.24) is 30.8 Å². The van der Waals surface area contributed by atoms with Crippen LogP contribution in [0.15, 0.2) is 66.9 Å². The van der Waals surface area contributed by atoms with Crippen molar-refractivity contribution in [3.63, 3.8) is 0 Å². The van der Waals surface area contributed by atoms with E-state index < -0.39 is 18.2 Å². The van der Waals surface area contributed by atoms with Crippen LogP contribution >= 0.6 is 0 Å². The normalized spacial score (nSPS) is 19.0. The second-order valence-corrected chi connectivity index (χ2v) is 12.3. The molecule has 1 aromatic heterocycles. The summed E-state index contributed by atoms with van der Waals surface area (Å²) in [6, 6.07) is 19.6. The Morgan fingerprint density at radius 1 is 0.957 bits per heavy atom. The van der Waals surface area contributed by atoms with Gasteiger partial charge in [0.05, 0.1) is 31.1 Å². The van der Waals surface area contributed by atoms with Crippen molar-refractivity contribution in [3.8, 4) is 22.4 Å². The van der Waals surface area contributed by atoms with Crippen LogP contribution in [0.4, 0.5) is 4.79 Å². The summed E-state index contributed by atoms with van der Waals surface area (Å²) in [5.41, 5.74) is 4.66. The first-order chi connectivity index (χ1) is 22.8. The lowest BCUT2D eigenvalue weighted by Crippen LogP contribution is -2.54. The second-order valence-electron chi connectivity index (χ2n) is 12.3. The van der Waals surface area contributed by atoms with Crippen molar-refractivity contribution in [3.05, 3.63) is 78.2 Å². The Kier molecular flexibility index (Phi) is 9.84. The van der Waals surface area contributed by atoms with Crippen molar-refractivity contribution >= 4 is 28.7 Å². The molecule has 11 nitrogen and oxygen atoms in total. The highest BCUT2D eigenvalue weighted by Crippen LogP contribution is 2.33. The van der Waals surface area contributed by atoms with E-state index in [0.717, 1.165) is 65.4 Å². The number of carbonyl (C=O) groups is 3. The maximum Gasteiger partial charge on any atom is 0.407 e. The van der Waals surface area contributed by atoms with Crippen molar-refractivity contribution in [1.29, 1.82) is 0 Å². The molecule has 0 unspecified atom stereocenters. The summed E-state index contributed by atoms with van der Waals surface area (Å²) in [6.45, 7) is 3.96. The summed E-state index contributed by atoms with van der Waals surface area (Å²) in [6.07, 6.45) is 4.41.